The molecular formula is C16H24FN3O2. The number of nitrogens with zero attached hydrogens (tertiary/aromatic N) is 1. The summed E-state index contributed by atoms with van der Waals surface area (Å²) in [7, 11) is 2.05. The third kappa shape index (κ3) is 4.42. The molecule has 1 aliphatic rings. The van der Waals surface area contributed by atoms with Crippen molar-refractivity contribution in [3.63, 3.8) is 0 Å². The molecule has 1 fully saturated rings. The highest BCUT2D eigenvalue weighted by Crippen LogP contribution is 2.19. The number of hydrogen-bond acceptors (Lipinski definition) is 3. The second kappa shape index (κ2) is 7.07. The van der Waals surface area contributed by atoms with Gasteiger partial charge in [0.15, 0.2) is 0 Å². The summed E-state index contributed by atoms with van der Waals surface area (Å²) in [5.74, 6) is -0.356. The average molecular weight is 309 g/mol. The molecule has 22 heavy (non-hydrogen) atoms. The molecule has 1 heterocycles. The normalized spacial score (nSPS) is 21.4. The fraction of sp³-hybridized carbons (Fsp3) is 0.562. The number of likely N-dealkylation sites (N-methyl/N-ethyl adjacent to an activating group) is 1. The molecule has 1 saturated heterocycles. The van der Waals surface area contributed by atoms with Gasteiger partial charge in [-0.05, 0) is 51.1 Å². The highest BCUT2D eigenvalue weighted by molar-refractivity contribution is 5.74. The molecule has 6 heteroatoms. The molecule has 2 unspecified atom stereocenters. The topological polar surface area (TPSA) is 64.6 Å². The molecule has 0 spiro atoms. The molecule has 3 N–H and O–H groups in total. The number of halogens is 1. The van der Waals surface area contributed by atoms with Crippen LogP contribution in [0.2, 0.25) is 0 Å². The Kier molecular flexibility index (Phi) is 5.37. The van der Waals surface area contributed by atoms with Gasteiger partial charge in [0, 0.05) is 12.6 Å². The molecule has 0 aliphatic carbocycles. The van der Waals surface area contributed by atoms with E-state index >= 15 is 0 Å². The third-order valence-electron chi connectivity index (χ3n) is 4.23. The van der Waals surface area contributed by atoms with Crippen molar-refractivity contribution in [3.05, 3.63) is 35.6 Å². The van der Waals surface area contributed by atoms with Crippen molar-refractivity contribution in [1.82, 2.24) is 15.5 Å². The average Bonchev–Trinajstić information content (AvgIpc) is 2.89. The van der Waals surface area contributed by atoms with E-state index in [2.05, 4.69) is 22.6 Å². The minimum absolute atomic E-state index is 0.0605. The molecule has 1 aromatic carbocycles. The fourth-order valence-electron chi connectivity index (χ4n) is 2.67. The number of hydrogen-bond donors (Lipinski definition) is 3. The molecule has 1 aliphatic heterocycles. The van der Waals surface area contributed by atoms with E-state index in [1.54, 1.807) is 6.92 Å². The first-order valence-corrected chi connectivity index (χ1v) is 7.59. The molecule has 2 amide bonds. The molecule has 0 radical (unpaired) electrons. The van der Waals surface area contributed by atoms with Crippen molar-refractivity contribution in [1.29, 1.82) is 0 Å². The van der Waals surface area contributed by atoms with Crippen LogP contribution in [0.3, 0.4) is 0 Å². The van der Waals surface area contributed by atoms with Gasteiger partial charge in [-0.3, -0.25) is 0 Å². The van der Waals surface area contributed by atoms with Crippen molar-refractivity contribution in [2.24, 2.45) is 0 Å². The van der Waals surface area contributed by atoms with E-state index in [9.17, 15) is 14.3 Å². The van der Waals surface area contributed by atoms with Crippen LogP contribution in [0, 0.1) is 5.82 Å². The number of carbonyl (C=O) groups is 1. The van der Waals surface area contributed by atoms with Gasteiger partial charge in [-0.25, -0.2) is 9.18 Å². The van der Waals surface area contributed by atoms with Crippen molar-refractivity contribution < 1.29 is 14.3 Å². The monoisotopic (exact) mass is 309 g/mol. The van der Waals surface area contributed by atoms with E-state index < -0.39 is 5.60 Å². The number of amides is 2. The van der Waals surface area contributed by atoms with Crippen molar-refractivity contribution in [2.75, 3.05) is 26.7 Å². The van der Waals surface area contributed by atoms with E-state index in [-0.39, 0.29) is 18.4 Å². The lowest BCUT2D eigenvalue weighted by Crippen LogP contribution is -2.46. The van der Waals surface area contributed by atoms with Crippen LogP contribution in [-0.2, 0) is 5.60 Å². The summed E-state index contributed by atoms with van der Waals surface area (Å²) in [4.78, 5) is 14.1. The van der Waals surface area contributed by atoms with Crippen LogP contribution in [0.5, 0.6) is 0 Å². The maximum absolute atomic E-state index is 12.9. The Hall–Kier alpha value is -1.66. The number of urea groups is 1. The van der Waals surface area contributed by atoms with Crippen LogP contribution in [-0.4, -0.2) is 48.8 Å². The van der Waals surface area contributed by atoms with Gasteiger partial charge in [0.25, 0.3) is 0 Å². The molecule has 0 bridgehead atoms. The Morgan fingerprint density at radius 3 is 2.68 bits per heavy atom. The Morgan fingerprint density at radius 2 is 2.09 bits per heavy atom. The molecule has 2 atom stereocenters. The Balaban J connectivity index is 1.78. The minimum atomic E-state index is -1.24. The highest BCUT2D eigenvalue weighted by Gasteiger charge is 2.25. The minimum Gasteiger partial charge on any atom is -0.384 e. The number of aliphatic hydroxyl groups is 1. The van der Waals surface area contributed by atoms with Crippen molar-refractivity contribution >= 4 is 6.03 Å². The first-order valence-electron chi connectivity index (χ1n) is 7.59. The third-order valence-corrected chi connectivity index (χ3v) is 4.23. The lowest BCUT2D eigenvalue weighted by Gasteiger charge is -2.25. The zero-order chi connectivity index (χ0) is 16.2. The second-order valence-corrected chi connectivity index (χ2v) is 6.12. The van der Waals surface area contributed by atoms with Crippen LogP contribution in [0.15, 0.2) is 24.3 Å². The van der Waals surface area contributed by atoms with Gasteiger partial charge in [0.1, 0.15) is 11.4 Å². The summed E-state index contributed by atoms with van der Waals surface area (Å²) in [5, 5.41) is 15.9. The predicted molar refractivity (Wildman–Crippen MR) is 83.0 cm³/mol. The van der Waals surface area contributed by atoms with E-state index in [1.807, 2.05) is 0 Å². The lowest BCUT2D eigenvalue weighted by atomic mass is 9.96. The van der Waals surface area contributed by atoms with Crippen LogP contribution in [0.4, 0.5) is 9.18 Å². The maximum atomic E-state index is 12.9. The Labute approximate surface area is 130 Å². The molecule has 122 valence electrons. The summed E-state index contributed by atoms with van der Waals surface area (Å²) in [6.45, 7) is 3.31. The quantitative estimate of drug-likeness (QED) is 0.771. The predicted octanol–water partition coefficient (Wildman–Crippen LogP) is 1.43. The Bertz CT molecular complexity index is 505. The van der Waals surface area contributed by atoms with Crippen LogP contribution >= 0.6 is 0 Å². The fourth-order valence-corrected chi connectivity index (χ4v) is 2.67. The van der Waals surface area contributed by atoms with Crippen molar-refractivity contribution in [3.8, 4) is 0 Å². The van der Waals surface area contributed by atoms with E-state index in [1.165, 1.54) is 24.3 Å². The summed E-state index contributed by atoms with van der Waals surface area (Å²) < 4.78 is 12.9. The first kappa shape index (κ1) is 16.7. The number of benzene rings is 1. The smallest absolute Gasteiger partial charge is 0.314 e. The number of rotatable bonds is 5. The second-order valence-electron chi connectivity index (χ2n) is 6.12. The largest absolute Gasteiger partial charge is 0.384 e. The van der Waals surface area contributed by atoms with Gasteiger partial charge in [-0.1, -0.05) is 12.1 Å². The number of likely N-dealkylation sites (tertiary alicyclic amines) is 1. The lowest BCUT2D eigenvalue weighted by molar-refractivity contribution is 0.0592. The number of nitrogens with one attached hydrogen (secondary N) is 2. The molecule has 2 rings (SSSR count). The molecular weight excluding hydrogens is 285 g/mol. The summed E-state index contributed by atoms with van der Waals surface area (Å²) in [6.07, 6.45) is 2.24. The summed E-state index contributed by atoms with van der Waals surface area (Å²) >= 11 is 0. The molecule has 0 aromatic heterocycles. The highest BCUT2D eigenvalue weighted by atomic mass is 19.1. The van der Waals surface area contributed by atoms with Gasteiger partial charge in [-0.15, -0.1) is 0 Å². The zero-order valence-electron chi connectivity index (χ0n) is 13.1. The number of carbonyl (C=O) groups excluding carboxylic acids is 1. The zero-order valence-corrected chi connectivity index (χ0v) is 13.1. The summed E-state index contributed by atoms with van der Waals surface area (Å²) in [6, 6.07) is 5.69. The van der Waals surface area contributed by atoms with E-state index in [0.717, 1.165) is 19.4 Å². The van der Waals surface area contributed by atoms with E-state index in [4.69, 9.17) is 0 Å². The first-order chi connectivity index (χ1) is 10.4. The van der Waals surface area contributed by atoms with E-state index in [0.29, 0.717) is 18.2 Å². The van der Waals surface area contributed by atoms with Crippen LogP contribution < -0.4 is 10.6 Å². The van der Waals surface area contributed by atoms with Gasteiger partial charge in [-0.2, -0.15) is 0 Å². The van der Waals surface area contributed by atoms with Crippen LogP contribution in [0.25, 0.3) is 0 Å². The Morgan fingerprint density at radius 1 is 1.41 bits per heavy atom. The van der Waals surface area contributed by atoms with Crippen LogP contribution in [0.1, 0.15) is 25.3 Å². The van der Waals surface area contributed by atoms with Crippen molar-refractivity contribution in [2.45, 2.75) is 31.4 Å². The molecule has 0 saturated carbocycles. The van der Waals surface area contributed by atoms with Gasteiger partial charge < -0.3 is 20.6 Å². The molecule has 5 nitrogen and oxygen atoms in total. The molecule has 1 aromatic rings. The maximum Gasteiger partial charge on any atom is 0.314 e. The SMILES string of the molecule is CN1CCCC1CNC(=O)NCC(C)(O)c1ccc(F)cc1. The van der Waals surface area contributed by atoms with Gasteiger partial charge in [0.05, 0.1) is 6.54 Å². The standard InChI is InChI=1S/C16H24FN3O2/c1-16(22,12-5-7-13(17)8-6-12)11-19-15(21)18-10-14-4-3-9-20(14)2/h5-8,14,22H,3-4,9-11H2,1-2H3,(H2,18,19,21). The van der Waals surface area contributed by atoms with Gasteiger partial charge in [0.2, 0.25) is 0 Å². The van der Waals surface area contributed by atoms with Gasteiger partial charge >= 0.3 is 6.03 Å². The summed E-state index contributed by atoms with van der Waals surface area (Å²) in [5.41, 5.74) is -0.681.